The molecule has 4 heteroatoms. The van der Waals surface area contributed by atoms with Gasteiger partial charge in [-0.3, -0.25) is 11.3 Å². The Morgan fingerprint density at radius 1 is 1.64 bits per heavy atom. The van der Waals surface area contributed by atoms with Gasteiger partial charge in [0.1, 0.15) is 0 Å². The Morgan fingerprint density at radius 3 is 2.79 bits per heavy atom. The van der Waals surface area contributed by atoms with E-state index in [2.05, 4.69) is 41.3 Å². The molecule has 2 nitrogen and oxygen atoms in total. The standard InChI is InChI=1S/C10H17BrN2S/c1-3-4-5-8(13-12)9-6-7(2)10(11)14-9/h6,8,13H,3-5,12H2,1-2H3. The van der Waals surface area contributed by atoms with Crippen molar-refractivity contribution in [2.24, 2.45) is 5.84 Å². The van der Waals surface area contributed by atoms with Gasteiger partial charge in [-0.2, -0.15) is 0 Å². The molecular weight excluding hydrogens is 260 g/mol. The molecule has 0 bridgehead atoms. The highest BCUT2D eigenvalue weighted by Gasteiger charge is 2.12. The van der Waals surface area contributed by atoms with Crippen LogP contribution in [0, 0.1) is 6.92 Å². The average Bonchev–Trinajstić information content (AvgIpc) is 2.48. The van der Waals surface area contributed by atoms with Crippen LogP contribution in [0.1, 0.15) is 42.7 Å². The normalized spacial score (nSPS) is 13.1. The van der Waals surface area contributed by atoms with Crippen molar-refractivity contribution < 1.29 is 0 Å². The van der Waals surface area contributed by atoms with E-state index in [-0.39, 0.29) is 0 Å². The van der Waals surface area contributed by atoms with Gasteiger partial charge in [-0.1, -0.05) is 19.8 Å². The quantitative estimate of drug-likeness (QED) is 0.638. The van der Waals surface area contributed by atoms with E-state index < -0.39 is 0 Å². The predicted molar refractivity (Wildman–Crippen MR) is 66.3 cm³/mol. The summed E-state index contributed by atoms with van der Waals surface area (Å²) in [5.74, 6) is 5.55. The van der Waals surface area contributed by atoms with E-state index in [4.69, 9.17) is 5.84 Å². The molecule has 0 fully saturated rings. The molecule has 0 aliphatic rings. The van der Waals surface area contributed by atoms with E-state index >= 15 is 0 Å². The fraction of sp³-hybridized carbons (Fsp3) is 0.600. The Hall–Kier alpha value is 0.1000. The summed E-state index contributed by atoms with van der Waals surface area (Å²) < 4.78 is 1.21. The van der Waals surface area contributed by atoms with Gasteiger partial charge in [-0.15, -0.1) is 11.3 Å². The summed E-state index contributed by atoms with van der Waals surface area (Å²) in [7, 11) is 0. The van der Waals surface area contributed by atoms with Crippen LogP contribution in [0.25, 0.3) is 0 Å². The first kappa shape index (κ1) is 12.2. The third-order valence-corrected chi connectivity index (χ3v) is 4.52. The van der Waals surface area contributed by atoms with Crippen LogP contribution in [0.2, 0.25) is 0 Å². The molecule has 1 aromatic rings. The summed E-state index contributed by atoms with van der Waals surface area (Å²) in [5, 5.41) is 0. The van der Waals surface area contributed by atoms with Gasteiger partial charge in [0.05, 0.1) is 9.83 Å². The third kappa shape index (κ3) is 3.05. The molecule has 0 amide bonds. The second-order valence-electron chi connectivity index (χ2n) is 3.47. The fourth-order valence-electron chi connectivity index (χ4n) is 1.37. The van der Waals surface area contributed by atoms with Crippen LogP contribution >= 0.6 is 27.3 Å². The molecule has 3 N–H and O–H groups in total. The molecule has 0 radical (unpaired) electrons. The minimum absolute atomic E-state index is 0.310. The highest BCUT2D eigenvalue weighted by Crippen LogP contribution is 2.32. The van der Waals surface area contributed by atoms with E-state index in [0.29, 0.717) is 6.04 Å². The van der Waals surface area contributed by atoms with Crippen molar-refractivity contribution in [3.63, 3.8) is 0 Å². The topological polar surface area (TPSA) is 38.0 Å². The molecule has 1 unspecified atom stereocenters. The largest absolute Gasteiger partial charge is 0.271 e. The van der Waals surface area contributed by atoms with Gasteiger partial charge < -0.3 is 0 Å². The van der Waals surface area contributed by atoms with Crippen LogP contribution < -0.4 is 11.3 Å². The Labute approximate surface area is 98.0 Å². The van der Waals surface area contributed by atoms with Gasteiger partial charge >= 0.3 is 0 Å². The summed E-state index contributed by atoms with van der Waals surface area (Å²) in [6.45, 7) is 4.31. The Bertz CT molecular complexity index is 266. The highest BCUT2D eigenvalue weighted by molar-refractivity contribution is 9.11. The fourth-order valence-corrected chi connectivity index (χ4v) is 3.04. The summed E-state index contributed by atoms with van der Waals surface area (Å²) in [4.78, 5) is 1.32. The zero-order valence-electron chi connectivity index (χ0n) is 8.64. The van der Waals surface area contributed by atoms with Crippen molar-refractivity contribution in [1.82, 2.24) is 5.43 Å². The Morgan fingerprint density at radius 2 is 2.36 bits per heavy atom. The number of unbranched alkanes of at least 4 members (excludes halogenated alkanes) is 1. The van der Waals surface area contributed by atoms with Gasteiger partial charge in [-0.05, 0) is 40.9 Å². The van der Waals surface area contributed by atoms with Crippen LogP contribution in [0.15, 0.2) is 9.85 Å². The first-order chi connectivity index (χ1) is 6.69. The molecule has 1 atom stereocenters. The molecule has 1 rings (SSSR count). The SMILES string of the molecule is CCCCC(NN)c1cc(C)c(Br)s1. The molecule has 0 aliphatic heterocycles. The van der Waals surface area contributed by atoms with E-state index in [9.17, 15) is 0 Å². The van der Waals surface area contributed by atoms with Gasteiger partial charge in [0.2, 0.25) is 0 Å². The van der Waals surface area contributed by atoms with Crippen LogP contribution in [0.5, 0.6) is 0 Å². The van der Waals surface area contributed by atoms with Crippen LogP contribution in [-0.4, -0.2) is 0 Å². The van der Waals surface area contributed by atoms with Crippen molar-refractivity contribution >= 4 is 27.3 Å². The minimum Gasteiger partial charge on any atom is -0.271 e. The number of aryl methyl sites for hydroxylation is 1. The van der Waals surface area contributed by atoms with Gasteiger partial charge in [0.25, 0.3) is 0 Å². The van der Waals surface area contributed by atoms with Gasteiger partial charge in [0, 0.05) is 4.88 Å². The monoisotopic (exact) mass is 276 g/mol. The Balaban J connectivity index is 2.68. The maximum Gasteiger partial charge on any atom is 0.0731 e. The second-order valence-corrected chi connectivity index (χ2v) is 5.87. The maximum atomic E-state index is 5.55. The molecule has 14 heavy (non-hydrogen) atoms. The lowest BCUT2D eigenvalue weighted by atomic mass is 10.1. The molecule has 0 aliphatic carbocycles. The van der Waals surface area contributed by atoms with E-state index in [1.54, 1.807) is 11.3 Å². The number of thiophene rings is 1. The number of nitrogens with two attached hydrogens (primary N) is 1. The van der Waals surface area contributed by atoms with E-state index in [1.165, 1.54) is 27.1 Å². The Kier molecular flexibility index (Phi) is 5.09. The summed E-state index contributed by atoms with van der Waals surface area (Å²) >= 11 is 5.30. The average molecular weight is 277 g/mol. The number of hydrogen-bond acceptors (Lipinski definition) is 3. The number of rotatable bonds is 5. The summed E-state index contributed by atoms with van der Waals surface area (Å²) in [6, 6.07) is 2.51. The molecule has 0 saturated carbocycles. The van der Waals surface area contributed by atoms with E-state index in [1.807, 2.05) is 0 Å². The lowest BCUT2D eigenvalue weighted by Gasteiger charge is -2.12. The number of hydrazine groups is 1. The van der Waals surface area contributed by atoms with Crippen molar-refractivity contribution in [3.05, 3.63) is 20.3 Å². The molecular formula is C10H17BrN2S. The molecule has 80 valence electrons. The molecule has 0 spiro atoms. The van der Waals surface area contributed by atoms with Crippen molar-refractivity contribution in [1.29, 1.82) is 0 Å². The summed E-state index contributed by atoms with van der Waals surface area (Å²) in [5.41, 5.74) is 4.18. The molecule has 0 saturated heterocycles. The predicted octanol–water partition coefficient (Wildman–Crippen LogP) is 3.51. The zero-order chi connectivity index (χ0) is 10.6. The van der Waals surface area contributed by atoms with Crippen molar-refractivity contribution in [3.8, 4) is 0 Å². The first-order valence-corrected chi connectivity index (χ1v) is 6.52. The maximum absolute atomic E-state index is 5.55. The summed E-state index contributed by atoms with van der Waals surface area (Å²) in [6.07, 6.45) is 3.53. The van der Waals surface area contributed by atoms with Crippen LogP contribution in [-0.2, 0) is 0 Å². The second kappa shape index (κ2) is 5.85. The van der Waals surface area contributed by atoms with Gasteiger partial charge in [-0.25, -0.2) is 0 Å². The third-order valence-electron chi connectivity index (χ3n) is 2.27. The number of nitrogens with one attached hydrogen (secondary N) is 1. The first-order valence-electron chi connectivity index (χ1n) is 4.91. The zero-order valence-corrected chi connectivity index (χ0v) is 11.0. The highest BCUT2D eigenvalue weighted by atomic mass is 79.9. The number of halogens is 1. The smallest absolute Gasteiger partial charge is 0.0731 e. The van der Waals surface area contributed by atoms with E-state index in [0.717, 1.165) is 6.42 Å². The number of hydrogen-bond donors (Lipinski definition) is 2. The molecule has 0 aromatic carbocycles. The lowest BCUT2D eigenvalue weighted by molar-refractivity contribution is 0.502. The van der Waals surface area contributed by atoms with Crippen LogP contribution in [0.4, 0.5) is 0 Å². The van der Waals surface area contributed by atoms with Crippen molar-refractivity contribution in [2.45, 2.75) is 39.2 Å². The van der Waals surface area contributed by atoms with Gasteiger partial charge in [0.15, 0.2) is 0 Å². The molecule has 1 aromatic heterocycles. The van der Waals surface area contributed by atoms with Crippen molar-refractivity contribution in [2.75, 3.05) is 0 Å². The minimum atomic E-state index is 0.310. The molecule has 1 heterocycles. The van der Waals surface area contributed by atoms with Crippen LogP contribution in [0.3, 0.4) is 0 Å². The lowest BCUT2D eigenvalue weighted by Crippen LogP contribution is -2.27.